The van der Waals surface area contributed by atoms with Crippen LogP contribution in [0.5, 0.6) is 0 Å². The van der Waals surface area contributed by atoms with Crippen molar-refractivity contribution in [2.24, 2.45) is 5.92 Å². The Hall–Kier alpha value is -4.98. The van der Waals surface area contributed by atoms with Gasteiger partial charge in [0.15, 0.2) is 0 Å². The summed E-state index contributed by atoms with van der Waals surface area (Å²) in [6, 6.07) is 12.1. The first kappa shape index (κ1) is 40.8. The summed E-state index contributed by atoms with van der Waals surface area (Å²) in [7, 11) is 0. The maximum Gasteiger partial charge on any atom is 0.256 e. The zero-order chi connectivity index (χ0) is 38.8. The molecule has 0 bridgehead atoms. The highest BCUT2D eigenvalue weighted by atomic mass is 32.2. The molecule has 1 aromatic heterocycles. The van der Waals surface area contributed by atoms with Crippen LogP contribution in [-0.4, -0.2) is 101 Å². The van der Waals surface area contributed by atoms with Gasteiger partial charge in [-0.3, -0.25) is 33.8 Å². The van der Waals surface area contributed by atoms with E-state index in [9.17, 15) is 28.8 Å². The summed E-state index contributed by atoms with van der Waals surface area (Å²) in [6.45, 7) is 9.68. The number of hydrogen-bond acceptors (Lipinski definition) is 8. The summed E-state index contributed by atoms with van der Waals surface area (Å²) < 4.78 is 0. The lowest BCUT2D eigenvalue weighted by Crippen LogP contribution is -2.60. The molecule has 0 aliphatic carbocycles. The summed E-state index contributed by atoms with van der Waals surface area (Å²) in [5.41, 5.74) is 3.34. The number of carbonyl (C=O) groups is 6. The Bertz CT molecular complexity index is 1820. The number of nitrogens with one attached hydrogen (secondary N) is 5. The molecule has 6 amide bonds. The van der Waals surface area contributed by atoms with Crippen LogP contribution in [0.3, 0.4) is 0 Å². The van der Waals surface area contributed by atoms with Crippen molar-refractivity contribution in [3.8, 4) is 0 Å². The van der Waals surface area contributed by atoms with Gasteiger partial charge in [0.05, 0.1) is 29.4 Å². The molecular formula is C39H51N7O6S. The van der Waals surface area contributed by atoms with Gasteiger partial charge in [0.25, 0.3) is 5.91 Å². The number of hydrogen-bond donors (Lipinski definition) is 5. The van der Waals surface area contributed by atoms with Gasteiger partial charge in [0.2, 0.25) is 29.5 Å². The molecule has 3 aromatic rings. The predicted octanol–water partition coefficient (Wildman–Crippen LogP) is 2.42. The average molecular weight is 746 g/mol. The second-order valence-electron chi connectivity index (χ2n) is 14.0. The number of thioether (sulfide) groups is 1. The van der Waals surface area contributed by atoms with Crippen LogP contribution in [0.4, 0.5) is 0 Å². The van der Waals surface area contributed by atoms with Gasteiger partial charge in [-0.2, -0.15) is 11.8 Å². The van der Waals surface area contributed by atoms with Crippen molar-refractivity contribution in [1.29, 1.82) is 0 Å². The molecule has 1 aliphatic rings. The van der Waals surface area contributed by atoms with E-state index in [1.807, 2.05) is 61.7 Å². The normalized spacial score (nSPS) is 22.6. The Morgan fingerprint density at radius 3 is 2.21 bits per heavy atom. The van der Waals surface area contributed by atoms with Gasteiger partial charge in [-0.25, -0.2) is 0 Å². The molecule has 4 rings (SSSR count). The number of carbonyl (C=O) groups excluding carboxylic acids is 6. The van der Waals surface area contributed by atoms with Crippen LogP contribution < -0.4 is 26.6 Å². The molecule has 0 saturated carbocycles. The Morgan fingerprint density at radius 1 is 0.849 bits per heavy atom. The van der Waals surface area contributed by atoms with E-state index in [0.717, 1.165) is 22.0 Å². The Morgan fingerprint density at radius 2 is 1.53 bits per heavy atom. The second kappa shape index (κ2) is 18.7. The molecule has 1 aliphatic heterocycles. The largest absolute Gasteiger partial charge is 0.349 e. The van der Waals surface area contributed by atoms with E-state index in [-0.39, 0.29) is 24.4 Å². The third-order valence-electron chi connectivity index (χ3n) is 9.14. The molecule has 5 atom stereocenters. The molecule has 2 heterocycles. The SMILES string of the molecule is CSCC[C@@H]1NC(=O)[C@H](C(C)C)NC(=O)[C@@H](C)NC(=O)CN(C(=O)c2cc3cc(C)ccc3nc2C)C[C@@H](Cc2ccccc2)NC(=O)[C@H](C)NC1=O. The van der Waals surface area contributed by atoms with E-state index >= 15 is 0 Å². The third-order valence-corrected chi connectivity index (χ3v) is 9.78. The zero-order valence-electron chi connectivity index (χ0n) is 31.4. The van der Waals surface area contributed by atoms with E-state index in [4.69, 9.17) is 0 Å². The van der Waals surface area contributed by atoms with Gasteiger partial charge in [-0.1, -0.05) is 55.8 Å². The maximum absolute atomic E-state index is 14.4. The second-order valence-corrected chi connectivity index (χ2v) is 15.0. The monoisotopic (exact) mass is 745 g/mol. The summed E-state index contributed by atoms with van der Waals surface area (Å²) in [6.07, 6.45) is 2.46. The highest BCUT2D eigenvalue weighted by Gasteiger charge is 2.33. The Kier molecular flexibility index (Phi) is 14.4. The van der Waals surface area contributed by atoms with Gasteiger partial charge in [-0.05, 0) is 82.2 Å². The molecule has 53 heavy (non-hydrogen) atoms. The van der Waals surface area contributed by atoms with E-state index in [0.29, 0.717) is 17.9 Å². The lowest BCUT2D eigenvalue weighted by atomic mass is 10.0. The van der Waals surface area contributed by atoms with Crippen molar-refractivity contribution in [1.82, 2.24) is 36.5 Å². The molecule has 0 unspecified atom stereocenters. The summed E-state index contributed by atoms with van der Waals surface area (Å²) in [5, 5.41) is 14.6. The van der Waals surface area contributed by atoms with Crippen LogP contribution in [0.25, 0.3) is 10.9 Å². The van der Waals surface area contributed by atoms with Crippen LogP contribution in [0.2, 0.25) is 0 Å². The number of benzene rings is 2. The van der Waals surface area contributed by atoms with Crippen LogP contribution in [0, 0.1) is 19.8 Å². The van der Waals surface area contributed by atoms with E-state index in [1.54, 1.807) is 33.8 Å². The van der Waals surface area contributed by atoms with Gasteiger partial charge < -0.3 is 31.5 Å². The number of amides is 6. The lowest BCUT2D eigenvalue weighted by Gasteiger charge is -2.31. The lowest BCUT2D eigenvalue weighted by molar-refractivity contribution is -0.135. The first-order valence-electron chi connectivity index (χ1n) is 17.9. The Balaban J connectivity index is 1.75. The number of fused-ring (bicyclic) bond motifs is 1. The summed E-state index contributed by atoms with van der Waals surface area (Å²) in [5.74, 6) is -3.14. The van der Waals surface area contributed by atoms with Gasteiger partial charge in [-0.15, -0.1) is 0 Å². The Labute approximate surface area is 315 Å². The van der Waals surface area contributed by atoms with Gasteiger partial charge in [0.1, 0.15) is 24.2 Å². The molecule has 0 spiro atoms. The summed E-state index contributed by atoms with van der Waals surface area (Å²) in [4.78, 5) is 88.3. The fraction of sp³-hybridized carbons (Fsp3) is 0.462. The first-order chi connectivity index (χ1) is 25.2. The van der Waals surface area contributed by atoms with Gasteiger partial charge in [0, 0.05) is 11.9 Å². The number of pyridine rings is 1. The predicted molar refractivity (Wildman–Crippen MR) is 206 cm³/mol. The maximum atomic E-state index is 14.4. The van der Waals surface area contributed by atoms with E-state index in [2.05, 4.69) is 31.6 Å². The minimum absolute atomic E-state index is 0.0821. The number of aryl methyl sites for hydroxylation is 2. The number of aromatic nitrogens is 1. The average Bonchev–Trinajstić information content (AvgIpc) is 3.11. The quantitative estimate of drug-likeness (QED) is 0.245. The van der Waals surface area contributed by atoms with Crippen LogP contribution in [0.1, 0.15) is 61.3 Å². The highest BCUT2D eigenvalue weighted by molar-refractivity contribution is 7.98. The van der Waals surface area contributed by atoms with Crippen LogP contribution >= 0.6 is 11.8 Å². The molecule has 14 heteroatoms. The van der Waals surface area contributed by atoms with Crippen molar-refractivity contribution in [2.45, 2.75) is 84.6 Å². The smallest absolute Gasteiger partial charge is 0.256 e. The summed E-state index contributed by atoms with van der Waals surface area (Å²) >= 11 is 1.50. The molecule has 5 N–H and O–H groups in total. The van der Waals surface area contributed by atoms with Crippen molar-refractivity contribution in [2.75, 3.05) is 25.1 Å². The molecule has 13 nitrogen and oxygen atoms in total. The van der Waals surface area contributed by atoms with E-state index < -0.39 is 72.2 Å². The van der Waals surface area contributed by atoms with Crippen LogP contribution in [0.15, 0.2) is 54.6 Å². The molecule has 1 fully saturated rings. The van der Waals surface area contributed by atoms with E-state index in [1.165, 1.54) is 23.6 Å². The van der Waals surface area contributed by atoms with Crippen LogP contribution in [-0.2, 0) is 30.4 Å². The molecule has 2 aromatic carbocycles. The van der Waals surface area contributed by atoms with Crippen molar-refractivity contribution >= 4 is 58.1 Å². The van der Waals surface area contributed by atoms with Crippen molar-refractivity contribution in [3.05, 3.63) is 77.0 Å². The fourth-order valence-electron chi connectivity index (χ4n) is 6.14. The minimum Gasteiger partial charge on any atom is -0.349 e. The molecular weight excluding hydrogens is 695 g/mol. The molecule has 0 radical (unpaired) electrons. The third kappa shape index (κ3) is 11.3. The van der Waals surface area contributed by atoms with Gasteiger partial charge >= 0.3 is 0 Å². The number of rotatable bonds is 7. The van der Waals surface area contributed by atoms with Crippen molar-refractivity contribution < 1.29 is 28.8 Å². The topological polar surface area (TPSA) is 179 Å². The fourth-order valence-corrected chi connectivity index (χ4v) is 6.61. The standard InChI is InChI=1S/C39H51N7O6S/c1-22(2)34-38(51)44-32(15-16-53-7)37(50)42-26(6)35(48)43-29(18-27-11-9-8-10-12-27)20-46(21-33(47)41-25(5)36(49)45-34)39(52)30-19-28-17-23(3)13-14-31(28)40-24(30)4/h8-14,17,19,22,25-26,29,32,34H,15-16,18,20-21H2,1-7H3,(H,41,47)(H,42,50)(H,43,48)(H,44,51)(H,45,49)/t25-,26+,29-,32+,34+/m1/s1. The zero-order valence-corrected chi connectivity index (χ0v) is 32.3. The van der Waals surface area contributed by atoms with Crippen molar-refractivity contribution in [3.63, 3.8) is 0 Å². The molecule has 1 saturated heterocycles. The highest BCUT2D eigenvalue weighted by Crippen LogP contribution is 2.20. The first-order valence-corrected chi connectivity index (χ1v) is 19.3. The number of nitrogens with zero attached hydrogens (tertiary/aromatic N) is 2. The minimum atomic E-state index is -1.07. The molecule has 284 valence electrons.